The van der Waals surface area contributed by atoms with Gasteiger partial charge >= 0.3 is 0 Å². The number of aromatic nitrogens is 1. The summed E-state index contributed by atoms with van der Waals surface area (Å²) >= 11 is 3.30. The van der Waals surface area contributed by atoms with Crippen LogP contribution < -0.4 is 10.7 Å². The van der Waals surface area contributed by atoms with E-state index in [9.17, 15) is 13.0 Å². The van der Waals surface area contributed by atoms with Crippen molar-refractivity contribution in [1.29, 1.82) is 0 Å². The Labute approximate surface area is 90.4 Å². The van der Waals surface area contributed by atoms with Gasteiger partial charge in [-0.05, 0) is 6.26 Å². The molecule has 0 fully saturated rings. The third-order valence-electron chi connectivity index (χ3n) is 0.929. The first kappa shape index (κ1) is 13.7. The van der Waals surface area contributed by atoms with Crippen molar-refractivity contribution in [2.24, 2.45) is 0 Å². The Morgan fingerprint density at radius 3 is 2.36 bits per heavy atom. The number of thioether (sulfide) groups is 1. The first-order valence-electron chi connectivity index (χ1n) is 3.20. The number of nitrogen functional groups attached to an aromatic ring is 1. The van der Waals surface area contributed by atoms with Gasteiger partial charge in [-0.2, -0.15) is 0 Å². The van der Waals surface area contributed by atoms with Gasteiger partial charge in [-0.1, -0.05) is 23.1 Å². The summed E-state index contributed by atoms with van der Waals surface area (Å²) in [5.41, 5.74) is 5.40. The van der Waals surface area contributed by atoms with Crippen molar-refractivity contribution in [2.75, 3.05) is 19.1 Å². The van der Waals surface area contributed by atoms with Crippen LogP contribution in [0.15, 0.2) is 9.72 Å². The molecule has 1 aromatic rings. The molecule has 0 radical (unpaired) electrons. The highest BCUT2D eigenvalue weighted by Gasteiger charge is 1.98. The Hall–Kier alpha value is -0.350. The number of nitrogens with one attached hydrogen (secondary N) is 1. The lowest BCUT2D eigenvalue weighted by molar-refractivity contribution is -0.399. The molecule has 0 saturated carbocycles. The number of hydrogen-bond donors (Lipinski definition) is 1. The van der Waals surface area contributed by atoms with Crippen LogP contribution >= 0.6 is 23.1 Å². The van der Waals surface area contributed by atoms with Crippen molar-refractivity contribution in [3.8, 4) is 0 Å². The highest BCUT2D eigenvalue weighted by Crippen LogP contribution is 2.15. The maximum atomic E-state index is 9.22. The summed E-state index contributed by atoms with van der Waals surface area (Å²) in [4.78, 5) is 2.98. The van der Waals surface area contributed by atoms with Crippen LogP contribution in [-0.2, 0) is 14.6 Å². The van der Waals surface area contributed by atoms with Crippen LogP contribution in [0.4, 0.5) is 5.82 Å². The largest absolute Gasteiger partial charge is 0.726 e. The lowest BCUT2D eigenvalue weighted by Crippen LogP contribution is -2.05. The molecule has 0 aromatic carbocycles. The first-order valence-corrected chi connectivity index (χ1v) is 6.64. The average Bonchev–Trinajstić information content (AvgIpc) is 2.51. The Kier molecular flexibility index (Phi) is 6.04. The summed E-state index contributed by atoms with van der Waals surface area (Å²) < 4.78 is 32.2. The van der Waals surface area contributed by atoms with Crippen molar-refractivity contribution in [3.63, 3.8) is 0 Å². The molecule has 9 heteroatoms. The molecule has 14 heavy (non-hydrogen) atoms. The van der Waals surface area contributed by atoms with E-state index in [0.717, 1.165) is 17.3 Å². The fourth-order valence-corrected chi connectivity index (χ4v) is 1.61. The van der Waals surface area contributed by atoms with Gasteiger partial charge in [0.2, 0.25) is 14.7 Å². The Morgan fingerprint density at radius 2 is 2.21 bits per heavy atom. The van der Waals surface area contributed by atoms with Gasteiger partial charge in [-0.15, -0.1) is 0 Å². The molecule has 1 rings (SSSR count). The minimum atomic E-state index is -4.41. The smallest absolute Gasteiger partial charge is 0.281 e. The molecule has 0 aliphatic rings. The van der Waals surface area contributed by atoms with E-state index >= 15 is 0 Å². The van der Waals surface area contributed by atoms with Gasteiger partial charge in [0.15, 0.2) is 0 Å². The molecule has 6 nitrogen and oxygen atoms in total. The van der Waals surface area contributed by atoms with Crippen molar-refractivity contribution in [1.82, 2.24) is 0 Å². The second kappa shape index (κ2) is 6.19. The number of thiazole rings is 1. The van der Waals surface area contributed by atoms with Crippen LogP contribution in [0.5, 0.6) is 0 Å². The van der Waals surface area contributed by atoms with E-state index in [4.69, 9.17) is 5.73 Å². The van der Waals surface area contributed by atoms with E-state index in [1.807, 2.05) is 11.6 Å². The topological polar surface area (TPSA) is 107 Å². The van der Waals surface area contributed by atoms with E-state index in [2.05, 4.69) is 9.17 Å². The molecule has 1 aromatic heterocycles. The van der Waals surface area contributed by atoms with Gasteiger partial charge < -0.3 is 4.55 Å². The van der Waals surface area contributed by atoms with Crippen molar-refractivity contribution < 1.29 is 22.1 Å². The molecule has 82 valence electrons. The fourth-order valence-electron chi connectivity index (χ4n) is 0.393. The standard InChI is InChI=1S/C4H6N2S2.CH4O4S/c1-7-4-6-3(5)2-8-4;1-5-6(2,3)4/h2H,5H2,1H3;1H3,(H,2,3,4). The molecule has 0 unspecified atom stereocenters. The van der Waals surface area contributed by atoms with Gasteiger partial charge in [0.05, 0.1) is 12.5 Å². The monoisotopic (exact) mass is 258 g/mol. The molecule has 0 atom stereocenters. The maximum Gasteiger partial charge on any atom is 0.281 e. The molecule has 0 aliphatic heterocycles. The summed E-state index contributed by atoms with van der Waals surface area (Å²) in [6, 6.07) is 0. The maximum absolute atomic E-state index is 9.22. The van der Waals surface area contributed by atoms with Crippen molar-refractivity contribution in [2.45, 2.75) is 4.34 Å². The Morgan fingerprint density at radius 1 is 1.71 bits per heavy atom. The summed E-state index contributed by atoms with van der Waals surface area (Å²) in [6.45, 7) is 0. The normalized spacial score (nSPS) is 10.5. The van der Waals surface area contributed by atoms with E-state index in [-0.39, 0.29) is 0 Å². The Balaban J connectivity index is 0.000000255. The zero-order valence-corrected chi connectivity index (χ0v) is 9.96. The summed E-state index contributed by atoms with van der Waals surface area (Å²) in [5.74, 6) is 0.749. The van der Waals surface area contributed by atoms with E-state index < -0.39 is 10.4 Å². The van der Waals surface area contributed by atoms with Crippen LogP contribution in [0.1, 0.15) is 0 Å². The molecule has 0 spiro atoms. The molecule has 1 heterocycles. The molecule has 0 aliphatic carbocycles. The lowest BCUT2D eigenvalue weighted by atomic mass is 10.9. The predicted octanol–water partition coefficient (Wildman–Crippen LogP) is -0.0407. The minimum Gasteiger partial charge on any atom is -0.726 e. The number of rotatable bonds is 2. The van der Waals surface area contributed by atoms with Crippen molar-refractivity contribution >= 4 is 39.3 Å². The second-order valence-electron chi connectivity index (χ2n) is 1.88. The van der Waals surface area contributed by atoms with E-state index in [1.54, 1.807) is 23.1 Å². The molecular formula is C5H10N2O4S3. The van der Waals surface area contributed by atoms with Crippen LogP contribution in [0.3, 0.4) is 0 Å². The van der Waals surface area contributed by atoms with Gasteiger partial charge in [-0.3, -0.25) is 9.92 Å². The summed E-state index contributed by atoms with van der Waals surface area (Å²) in [7, 11) is -3.60. The zero-order chi connectivity index (χ0) is 11.2. The highest BCUT2D eigenvalue weighted by molar-refractivity contribution is 8.00. The minimum absolute atomic E-state index is 0.749. The molecule has 0 amide bonds. The molecule has 0 saturated heterocycles. The SMILES string of the molecule is COS(=O)(=O)[O-].CSc1[nH+]c(N)cs1. The van der Waals surface area contributed by atoms with Crippen LogP contribution in [0.2, 0.25) is 0 Å². The predicted molar refractivity (Wildman–Crippen MR) is 53.8 cm³/mol. The third-order valence-corrected chi connectivity index (χ3v) is 3.29. The quantitative estimate of drug-likeness (QED) is 0.453. The van der Waals surface area contributed by atoms with Gasteiger partial charge in [0.1, 0.15) is 0 Å². The van der Waals surface area contributed by atoms with Crippen LogP contribution in [-0.4, -0.2) is 26.3 Å². The number of nitrogens with two attached hydrogens (primary N) is 1. The molecule has 0 bridgehead atoms. The highest BCUT2D eigenvalue weighted by atomic mass is 32.3. The van der Waals surface area contributed by atoms with Crippen LogP contribution in [0.25, 0.3) is 0 Å². The van der Waals surface area contributed by atoms with E-state index in [1.165, 1.54) is 0 Å². The van der Waals surface area contributed by atoms with Gasteiger partial charge in [0, 0.05) is 0 Å². The number of hydrogen-bond acceptors (Lipinski definition) is 7. The molecule has 3 N–H and O–H groups in total. The number of aromatic amines is 1. The van der Waals surface area contributed by atoms with Gasteiger partial charge in [-0.25, -0.2) is 13.4 Å². The first-order chi connectivity index (χ1) is 6.39. The molecular weight excluding hydrogens is 248 g/mol. The van der Waals surface area contributed by atoms with E-state index in [0.29, 0.717) is 0 Å². The fraction of sp³-hybridized carbons (Fsp3) is 0.400. The third kappa shape index (κ3) is 7.09. The average molecular weight is 258 g/mol. The summed E-state index contributed by atoms with van der Waals surface area (Å²) in [6.07, 6.45) is 2.02. The number of anilines is 1. The second-order valence-corrected chi connectivity index (χ2v) is 4.99. The number of H-pyrrole nitrogens is 1. The summed E-state index contributed by atoms with van der Waals surface area (Å²) in [5, 5.41) is 1.89. The Bertz CT molecular complexity index is 361. The zero-order valence-electron chi connectivity index (χ0n) is 7.51. The lowest BCUT2D eigenvalue weighted by Gasteiger charge is -1.98. The van der Waals surface area contributed by atoms with Crippen molar-refractivity contribution in [3.05, 3.63) is 5.38 Å². The van der Waals surface area contributed by atoms with Gasteiger partial charge in [0.25, 0.3) is 5.82 Å². The van der Waals surface area contributed by atoms with Crippen LogP contribution in [0, 0.1) is 0 Å².